The summed E-state index contributed by atoms with van der Waals surface area (Å²) in [6.07, 6.45) is 0.227. The molecule has 0 spiro atoms. The van der Waals surface area contributed by atoms with Crippen LogP contribution in [0.25, 0.3) is 0 Å². The maximum Gasteiger partial charge on any atom is 0.220 e. The van der Waals surface area contributed by atoms with E-state index in [1.807, 2.05) is 25.2 Å². The first-order valence-corrected chi connectivity index (χ1v) is 5.77. The standard InChI is InChI=1S/C11H15BrN2O2/c1-14-7-8-2-3-10(9(12)6-8)16-5-4-11(13)15/h2-3,6,14H,4-5,7H2,1H3,(H2,13,15). The lowest BCUT2D eigenvalue weighted by atomic mass is 10.2. The number of ether oxygens (including phenoxy) is 1. The van der Waals surface area contributed by atoms with Crippen molar-refractivity contribution in [2.45, 2.75) is 13.0 Å². The van der Waals surface area contributed by atoms with E-state index >= 15 is 0 Å². The molecule has 1 aromatic carbocycles. The van der Waals surface area contributed by atoms with Gasteiger partial charge in [0.1, 0.15) is 5.75 Å². The Kier molecular flexibility index (Phi) is 5.28. The summed E-state index contributed by atoms with van der Waals surface area (Å²) < 4.78 is 6.29. The van der Waals surface area contributed by atoms with Crippen LogP contribution in [0, 0.1) is 0 Å². The highest BCUT2D eigenvalue weighted by atomic mass is 79.9. The molecule has 0 saturated carbocycles. The predicted octanol–water partition coefficient (Wildman–Crippen LogP) is 1.42. The van der Waals surface area contributed by atoms with Crippen molar-refractivity contribution < 1.29 is 9.53 Å². The van der Waals surface area contributed by atoms with Gasteiger partial charge in [-0.1, -0.05) is 6.07 Å². The third-order valence-corrected chi connectivity index (χ3v) is 2.60. The summed E-state index contributed by atoms with van der Waals surface area (Å²) >= 11 is 3.42. The van der Waals surface area contributed by atoms with E-state index in [2.05, 4.69) is 21.2 Å². The number of benzene rings is 1. The number of halogens is 1. The number of rotatable bonds is 6. The Morgan fingerprint density at radius 1 is 1.56 bits per heavy atom. The van der Waals surface area contributed by atoms with Gasteiger partial charge in [0.15, 0.2) is 0 Å². The van der Waals surface area contributed by atoms with Crippen molar-refractivity contribution in [2.24, 2.45) is 5.73 Å². The Bertz CT molecular complexity index is 369. The van der Waals surface area contributed by atoms with Gasteiger partial charge in [0.2, 0.25) is 5.91 Å². The Balaban J connectivity index is 2.57. The van der Waals surface area contributed by atoms with Gasteiger partial charge in [0.05, 0.1) is 17.5 Å². The summed E-state index contributed by atoms with van der Waals surface area (Å²) in [6.45, 7) is 1.11. The molecule has 0 radical (unpaired) electrons. The van der Waals surface area contributed by atoms with Crippen LogP contribution in [-0.4, -0.2) is 19.6 Å². The summed E-state index contributed by atoms with van der Waals surface area (Å²) in [4.78, 5) is 10.5. The molecule has 88 valence electrons. The van der Waals surface area contributed by atoms with Crippen molar-refractivity contribution in [3.8, 4) is 5.75 Å². The van der Waals surface area contributed by atoms with E-state index in [0.717, 1.165) is 22.3 Å². The second kappa shape index (κ2) is 6.50. The van der Waals surface area contributed by atoms with Crippen LogP contribution in [-0.2, 0) is 11.3 Å². The molecule has 0 saturated heterocycles. The minimum atomic E-state index is -0.358. The highest BCUT2D eigenvalue weighted by molar-refractivity contribution is 9.10. The Labute approximate surface area is 103 Å². The van der Waals surface area contributed by atoms with E-state index in [4.69, 9.17) is 10.5 Å². The van der Waals surface area contributed by atoms with Crippen molar-refractivity contribution in [1.29, 1.82) is 0 Å². The molecule has 0 bridgehead atoms. The summed E-state index contributed by atoms with van der Waals surface area (Å²) in [5.74, 6) is 0.365. The van der Waals surface area contributed by atoms with E-state index in [1.165, 1.54) is 0 Å². The predicted molar refractivity (Wildman–Crippen MR) is 66.2 cm³/mol. The average molecular weight is 287 g/mol. The van der Waals surface area contributed by atoms with Crippen LogP contribution < -0.4 is 15.8 Å². The molecule has 0 aliphatic carbocycles. The molecule has 5 heteroatoms. The summed E-state index contributed by atoms with van der Waals surface area (Å²) in [5.41, 5.74) is 6.18. The molecule has 1 rings (SSSR count). The average Bonchev–Trinajstić information content (AvgIpc) is 2.21. The van der Waals surface area contributed by atoms with Crippen molar-refractivity contribution in [1.82, 2.24) is 5.32 Å². The van der Waals surface area contributed by atoms with Crippen LogP contribution in [0.3, 0.4) is 0 Å². The van der Waals surface area contributed by atoms with Crippen LogP contribution in [0.5, 0.6) is 5.75 Å². The zero-order valence-electron chi connectivity index (χ0n) is 9.13. The van der Waals surface area contributed by atoms with E-state index in [9.17, 15) is 4.79 Å². The molecular formula is C11H15BrN2O2. The van der Waals surface area contributed by atoms with Gasteiger partial charge >= 0.3 is 0 Å². The van der Waals surface area contributed by atoms with E-state index in [0.29, 0.717) is 6.61 Å². The maximum atomic E-state index is 10.5. The molecule has 0 heterocycles. The minimum absolute atomic E-state index is 0.227. The van der Waals surface area contributed by atoms with Crippen LogP contribution in [0.4, 0.5) is 0 Å². The fourth-order valence-corrected chi connectivity index (χ4v) is 1.78. The van der Waals surface area contributed by atoms with Gasteiger partial charge < -0.3 is 15.8 Å². The smallest absolute Gasteiger partial charge is 0.220 e. The van der Waals surface area contributed by atoms with Gasteiger partial charge in [0.25, 0.3) is 0 Å². The SMILES string of the molecule is CNCc1ccc(OCCC(N)=O)c(Br)c1. The largest absolute Gasteiger partial charge is 0.492 e. The zero-order chi connectivity index (χ0) is 12.0. The summed E-state index contributed by atoms with van der Waals surface area (Å²) in [5, 5.41) is 3.07. The zero-order valence-corrected chi connectivity index (χ0v) is 10.7. The fraction of sp³-hybridized carbons (Fsp3) is 0.364. The van der Waals surface area contributed by atoms with E-state index in [-0.39, 0.29) is 12.3 Å². The Morgan fingerprint density at radius 2 is 2.31 bits per heavy atom. The fourth-order valence-electron chi connectivity index (χ4n) is 1.24. The molecule has 0 fully saturated rings. The molecule has 1 amide bonds. The van der Waals surface area contributed by atoms with Gasteiger partial charge in [-0.15, -0.1) is 0 Å². The lowest BCUT2D eigenvalue weighted by Crippen LogP contribution is -2.14. The topological polar surface area (TPSA) is 64.3 Å². The number of primary amides is 1. The lowest BCUT2D eigenvalue weighted by molar-refractivity contribution is -0.118. The molecule has 0 aliphatic rings. The first-order chi connectivity index (χ1) is 7.63. The van der Waals surface area contributed by atoms with Crippen molar-refractivity contribution in [2.75, 3.05) is 13.7 Å². The van der Waals surface area contributed by atoms with Crippen molar-refractivity contribution >= 4 is 21.8 Å². The second-order valence-electron chi connectivity index (χ2n) is 3.36. The Morgan fingerprint density at radius 3 is 2.88 bits per heavy atom. The van der Waals surface area contributed by atoms with Gasteiger partial charge in [-0.25, -0.2) is 0 Å². The number of carbonyl (C=O) groups excluding carboxylic acids is 1. The highest BCUT2D eigenvalue weighted by Crippen LogP contribution is 2.26. The molecule has 0 aromatic heterocycles. The van der Waals surface area contributed by atoms with Gasteiger partial charge in [-0.05, 0) is 40.7 Å². The highest BCUT2D eigenvalue weighted by Gasteiger charge is 2.03. The molecule has 0 atom stereocenters. The number of carbonyl (C=O) groups is 1. The first kappa shape index (κ1) is 13.0. The number of hydrogen-bond acceptors (Lipinski definition) is 3. The van der Waals surface area contributed by atoms with Crippen LogP contribution in [0.15, 0.2) is 22.7 Å². The molecule has 0 unspecified atom stereocenters. The van der Waals surface area contributed by atoms with Crippen LogP contribution in [0.2, 0.25) is 0 Å². The van der Waals surface area contributed by atoms with Crippen molar-refractivity contribution in [3.63, 3.8) is 0 Å². The number of nitrogens with one attached hydrogen (secondary N) is 1. The van der Waals surface area contributed by atoms with Crippen LogP contribution in [0.1, 0.15) is 12.0 Å². The van der Waals surface area contributed by atoms with Crippen molar-refractivity contribution in [3.05, 3.63) is 28.2 Å². The third-order valence-electron chi connectivity index (χ3n) is 1.98. The van der Waals surface area contributed by atoms with Gasteiger partial charge in [-0.3, -0.25) is 4.79 Å². The maximum absolute atomic E-state index is 10.5. The number of hydrogen-bond donors (Lipinski definition) is 2. The van der Waals surface area contributed by atoms with Gasteiger partial charge in [-0.2, -0.15) is 0 Å². The molecule has 0 aliphatic heterocycles. The lowest BCUT2D eigenvalue weighted by Gasteiger charge is -2.08. The van der Waals surface area contributed by atoms with Gasteiger partial charge in [0, 0.05) is 6.54 Å². The first-order valence-electron chi connectivity index (χ1n) is 4.97. The van der Waals surface area contributed by atoms with E-state index < -0.39 is 0 Å². The molecule has 1 aromatic rings. The van der Waals surface area contributed by atoms with E-state index in [1.54, 1.807) is 0 Å². The molecule has 16 heavy (non-hydrogen) atoms. The molecular weight excluding hydrogens is 272 g/mol. The normalized spacial score (nSPS) is 10.1. The monoisotopic (exact) mass is 286 g/mol. The summed E-state index contributed by atoms with van der Waals surface area (Å²) in [6, 6.07) is 5.83. The number of amides is 1. The quantitative estimate of drug-likeness (QED) is 0.831. The molecule has 3 N–H and O–H groups in total. The minimum Gasteiger partial charge on any atom is -0.492 e. The third kappa shape index (κ3) is 4.20. The second-order valence-corrected chi connectivity index (χ2v) is 4.21. The number of nitrogens with two attached hydrogens (primary N) is 1. The van der Waals surface area contributed by atoms with Crippen LogP contribution >= 0.6 is 15.9 Å². The molecule has 4 nitrogen and oxygen atoms in total. The Hall–Kier alpha value is -1.07. The summed E-state index contributed by atoms with van der Waals surface area (Å²) in [7, 11) is 1.89.